The van der Waals surface area contributed by atoms with Crippen LogP contribution >= 0.6 is 0 Å². The van der Waals surface area contributed by atoms with E-state index in [2.05, 4.69) is 25.5 Å². The number of rotatable bonds is 5. The van der Waals surface area contributed by atoms with E-state index in [9.17, 15) is 9.59 Å². The van der Waals surface area contributed by atoms with Gasteiger partial charge < -0.3 is 24.4 Å². The molecule has 0 spiro atoms. The lowest BCUT2D eigenvalue weighted by atomic mass is 10.2. The van der Waals surface area contributed by atoms with E-state index >= 15 is 0 Å². The molecule has 0 atom stereocenters. The first-order chi connectivity index (χ1) is 14.6. The molecular weight excluding hydrogens is 388 g/mol. The molecule has 0 fully saturated rings. The van der Waals surface area contributed by atoms with Crippen LogP contribution in [0.4, 0.5) is 5.69 Å². The Balaban J connectivity index is 1.27. The Bertz CT molecular complexity index is 1410. The standard InChI is InChI=1S/C20H16N6O4/c1-26-18(16-8-11-4-2-3-5-15(11)30-16)24-25-20(26)29-10-17(27)21-12-6-7-13-14(9-12)23-19(28)22-13/h2-9H,10H2,1H3,(H,21,27)(H2,22,23,28). The third-order valence-electron chi connectivity index (χ3n) is 4.61. The van der Waals surface area contributed by atoms with Crippen molar-refractivity contribution in [1.82, 2.24) is 24.7 Å². The zero-order valence-corrected chi connectivity index (χ0v) is 15.8. The van der Waals surface area contributed by atoms with Crippen molar-refractivity contribution in [2.75, 3.05) is 11.9 Å². The summed E-state index contributed by atoms with van der Waals surface area (Å²) in [6.45, 7) is -0.256. The van der Waals surface area contributed by atoms with Crippen LogP contribution in [0.1, 0.15) is 0 Å². The summed E-state index contributed by atoms with van der Waals surface area (Å²) < 4.78 is 12.9. The molecule has 0 unspecified atom stereocenters. The van der Waals surface area contributed by atoms with Gasteiger partial charge in [0.15, 0.2) is 12.4 Å². The number of imidazole rings is 1. The third kappa shape index (κ3) is 3.20. The highest BCUT2D eigenvalue weighted by atomic mass is 16.5. The van der Waals surface area contributed by atoms with Gasteiger partial charge in [-0.05, 0) is 30.3 Å². The molecule has 0 saturated heterocycles. The van der Waals surface area contributed by atoms with Gasteiger partial charge in [0.1, 0.15) is 5.58 Å². The predicted octanol–water partition coefficient (Wildman–Crippen LogP) is 2.42. The molecule has 10 heteroatoms. The largest absolute Gasteiger partial charge is 0.453 e. The second kappa shape index (κ2) is 6.92. The van der Waals surface area contributed by atoms with E-state index in [-0.39, 0.29) is 24.2 Å². The Kier molecular flexibility index (Phi) is 4.09. The van der Waals surface area contributed by atoms with Crippen molar-refractivity contribution in [2.24, 2.45) is 7.05 Å². The lowest BCUT2D eigenvalue weighted by molar-refractivity contribution is -0.118. The average Bonchev–Trinajstić information content (AvgIpc) is 3.41. The number of H-pyrrole nitrogens is 2. The number of nitrogens with zero attached hydrogens (tertiary/aromatic N) is 3. The number of carbonyl (C=O) groups excluding carboxylic acids is 1. The van der Waals surface area contributed by atoms with Crippen molar-refractivity contribution in [3.8, 4) is 17.6 Å². The molecule has 10 nitrogen and oxygen atoms in total. The topological polar surface area (TPSA) is 131 Å². The first-order valence-corrected chi connectivity index (χ1v) is 9.10. The van der Waals surface area contributed by atoms with Gasteiger partial charge in [-0.3, -0.25) is 9.36 Å². The molecule has 150 valence electrons. The number of fused-ring (bicyclic) bond motifs is 2. The van der Waals surface area contributed by atoms with Crippen LogP contribution in [-0.2, 0) is 11.8 Å². The summed E-state index contributed by atoms with van der Waals surface area (Å²) in [5, 5.41) is 11.8. The summed E-state index contributed by atoms with van der Waals surface area (Å²) in [7, 11) is 1.73. The molecule has 3 aromatic heterocycles. The van der Waals surface area contributed by atoms with Crippen LogP contribution in [0.3, 0.4) is 0 Å². The SMILES string of the molecule is Cn1c(OCC(=O)Nc2ccc3[nH]c(=O)[nH]c3c2)nnc1-c1cc2ccccc2o1. The van der Waals surface area contributed by atoms with Gasteiger partial charge in [0, 0.05) is 18.1 Å². The van der Waals surface area contributed by atoms with Crippen LogP contribution in [0.25, 0.3) is 33.6 Å². The Morgan fingerprint density at radius 2 is 1.97 bits per heavy atom. The number of hydrogen-bond acceptors (Lipinski definition) is 6. The Labute approximate surface area is 168 Å². The van der Waals surface area contributed by atoms with Crippen molar-refractivity contribution in [2.45, 2.75) is 0 Å². The summed E-state index contributed by atoms with van der Waals surface area (Å²) in [5.41, 5.74) is 2.23. The van der Waals surface area contributed by atoms with Crippen molar-refractivity contribution in [3.05, 3.63) is 59.0 Å². The summed E-state index contributed by atoms with van der Waals surface area (Å²) in [6.07, 6.45) is 0. The highest BCUT2D eigenvalue weighted by Crippen LogP contribution is 2.27. The number of ether oxygens (including phenoxy) is 1. The number of anilines is 1. The fourth-order valence-corrected chi connectivity index (χ4v) is 3.18. The van der Waals surface area contributed by atoms with E-state index in [0.717, 1.165) is 11.0 Å². The van der Waals surface area contributed by atoms with Crippen LogP contribution in [0.5, 0.6) is 6.01 Å². The number of carbonyl (C=O) groups is 1. The molecule has 0 radical (unpaired) electrons. The molecular formula is C20H16N6O4. The molecule has 0 aliphatic carbocycles. The number of amides is 1. The number of nitrogens with one attached hydrogen (secondary N) is 3. The fourth-order valence-electron chi connectivity index (χ4n) is 3.18. The van der Waals surface area contributed by atoms with Crippen molar-refractivity contribution in [3.63, 3.8) is 0 Å². The van der Waals surface area contributed by atoms with Gasteiger partial charge in [-0.25, -0.2) is 4.79 Å². The van der Waals surface area contributed by atoms with Crippen molar-refractivity contribution < 1.29 is 13.9 Å². The van der Waals surface area contributed by atoms with Crippen LogP contribution in [0, 0.1) is 0 Å². The summed E-state index contributed by atoms with van der Waals surface area (Å²) in [6, 6.07) is 14.7. The minimum absolute atomic E-state index is 0.186. The van der Waals surface area contributed by atoms with E-state index in [1.165, 1.54) is 0 Å². The van der Waals surface area contributed by atoms with Gasteiger partial charge >= 0.3 is 11.7 Å². The highest BCUT2D eigenvalue weighted by Gasteiger charge is 2.17. The van der Waals surface area contributed by atoms with Crippen LogP contribution in [-0.4, -0.2) is 37.2 Å². The van der Waals surface area contributed by atoms with E-state index in [0.29, 0.717) is 28.3 Å². The number of para-hydroxylation sites is 1. The minimum Gasteiger partial charge on any atom is -0.453 e. The van der Waals surface area contributed by atoms with Gasteiger partial charge in [0.25, 0.3) is 5.91 Å². The van der Waals surface area contributed by atoms with Gasteiger partial charge in [0.05, 0.1) is 11.0 Å². The zero-order valence-electron chi connectivity index (χ0n) is 15.8. The molecule has 0 saturated carbocycles. The van der Waals surface area contributed by atoms with Crippen molar-refractivity contribution in [1.29, 1.82) is 0 Å². The lowest BCUT2D eigenvalue weighted by Gasteiger charge is -2.07. The van der Waals surface area contributed by atoms with Gasteiger partial charge in [-0.15, -0.1) is 5.10 Å². The first kappa shape index (κ1) is 17.7. The molecule has 0 bridgehead atoms. The number of aromatic amines is 2. The Morgan fingerprint density at radius 1 is 1.13 bits per heavy atom. The minimum atomic E-state index is -0.375. The maximum absolute atomic E-state index is 12.2. The van der Waals surface area contributed by atoms with Gasteiger partial charge in [0.2, 0.25) is 5.82 Å². The normalized spacial score (nSPS) is 11.2. The average molecular weight is 404 g/mol. The number of furan rings is 1. The van der Waals surface area contributed by atoms with E-state index in [1.54, 1.807) is 29.8 Å². The fraction of sp³-hybridized carbons (Fsp3) is 0.100. The molecule has 5 rings (SSSR count). The molecule has 5 aromatic rings. The van der Waals surface area contributed by atoms with E-state index in [1.807, 2.05) is 30.3 Å². The second-order valence-electron chi connectivity index (χ2n) is 6.69. The molecule has 30 heavy (non-hydrogen) atoms. The summed E-state index contributed by atoms with van der Waals surface area (Å²) >= 11 is 0. The smallest absolute Gasteiger partial charge is 0.323 e. The van der Waals surface area contributed by atoms with Gasteiger partial charge in [-0.1, -0.05) is 23.3 Å². The molecule has 3 heterocycles. The number of hydrogen-bond donors (Lipinski definition) is 3. The van der Waals surface area contributed by atoms with Crippen molar-refractivity contribution >= 4 is 33.6 Å². The molecule has 2 aromatic carbocycles. The summed E-state index contributed by atoms with van der Waals surface area (Å²) in [5.74, 6) is 0.670. The number of aromatic nitrogens is 5. The van der Waals surface area contributed by atoms with Crippen LogP contribution in [0.2, 0.25) is 0 Å². The zero-order chi connectivity index (χ0) is 20.7. The van der Waals surface area contributed by atoms with E-state index < -0.39 is 0 Å². The highest BCUT2D eigenvalue weighted by molar-refractivity contribution is 5.93. The molecule has 0 aliphatic rings. The summed E-state index contributed by atoms with van der Waals surface area (Å²) in [4.78, 5) is 28.9. The maximum Gasteiger partial charge on any atom is 0.323 e. The van der Waals surface area contributed by atoms with Gasteiger partial charge in [-0.2, -0.15) is 0 Å². The maximum atomic E-state index is 12.2. The second-order valence-corrected chi connectivity index (χ2v) is 6.69. The lowest BCUT2D eigenvalue weighted by Crippen LogP contribution is -2.21. The number of benzene rings is 2. The molecule has 1 amide bonds. The van der Waals surface area contributed by atoms with E-state index in [4.69, 9.17) is 9.15 Å². The van der Waals surface area contributed by atoms with Crippen LogP contribution in [0.15, 0.2) is 57.7 Å². The first-order valence-electron chi connectivity index (χ1n) is 9.10. The third-order valence-corrected chi connectivity index (χ3v) is 4.61. The quantitative estimate of drug-likeness (QED) is 0.412. The Morgan fingerprint density at radius 3 is 2.83 bits per heavy atom. The Hall–Kier alpha value is -4.34. The van der Waals surface area contributed by atoms with Crippen LogP contribution < -0.4 is 15.7 Å². The monoisotopic (exact) mass is 404 g/mol. The molecule has 3 N–H and O–H groups in total. The molecule has 0 aliphatic heterocycles. The predicted molar refractivity (Wildman–Crippen MR) is 109 cm³/mol.